The predicted octanol–water partition coefficient (Wildman–Crippen LogP) is 3.58. The van der Waals surface area contributed by atoms with Gasteiger partial charge in [0.2, 0.25) is 0 Å². The number of methoxy groups -OCH3 is 2. The topological polar surface area (TPSA) is 44.2 Å². The minimum Gasteiger partial charge on any atom is -0.353 e. The Morgan fingerprint density at radius 3 is 2.19 bits per heavy atom. The number of ether oxygens (including phenoxy) is 2. The second-order valence-corrected chi connectivity index (χ2v) is 6.74. The van der Waals surface area contributed by atoms with Crippen LogP contribution in [0.1, 0.15) is 68.7 Å². The third-order valence-electron chi connectivity index (χ3n) is 4.66. The molecule has 1 unspecified atom stereocenters. The van der Waals surface area contributed by atoms with Gasteiger partial charge in [-0.15, -0.1) is 0 Å². The van der Waals surface area contributed by atoms with E-state index >= 15 is 0 Å². The summed E-state index contributed by atoms with van der Waals surface area (Å²) in [5.74, 6) is 1.57. The first-order chi connectivity index (χ1) is 9.83. The van der Waals surface area contributed by atoms with Crippen LogP contribution in [0.5, 0.6) is 0 Å². The lowest BCUT2D eigenvalue weighted by Crippen LogP contribution is -2.43. The van der Waals surface area contributed by atoms with Crippen molar-refractivity contribution in [2.45, 2.75) is 65.1 Å². The molecule has 118 valence electrons. The maximum Gasteiger partial charge on any atom is 0.172 e. The van der Waals surface area contributed by atoms with Gasteiger partial charge in [-0.25, -0.2) is 9.97 Å². The van der Waals surface area contributed by atoms with Gasteiger partial charge in [0, 0.05) is 50.2 Å². The lowest BCUT2D eigenvalue weighted by molar-refractivity contribution is -0.217. The smallest absolute Gasteiger partial charge is 0.172 e. The highest BCUT2D eigenvalue weighted by atomic mass is 16.7. The molecule has 0 bridgehead atoms. The minimum absolute atomic E-state index is 0.341. The average Bonchev–Trinajstić information content (AvgIpc) is 2.46. The summed E-state index contributed by atoms with van der Waals surface area (Å²) in [6, 6.07) is 0. The summed E-state index contributed by atoms with van der Waals surface area (Å²) >= 11 is 0. The van der Waals surface area contributed by atoms with E-state index in [1.54, 1.807) is 14.2 Å². The van der Waals surface area contributed by atoms with Gasteiger partial charge < -0.3 is 9.47 Å². The van der Waals surface area contributed by atoms with E-state index in [0.29, 0.717) is 17.8 Å². The molecule has 0 N–H and O–H groups in total. The zero-order valence-electron chi connectivity index (χ0n) is 14.4. The van der Waals surface area contributed by atoms with E-state index in [1.165, 1.54) is 11.3 Å². The van der Waals surface area contributed by atoms with Crippen molar-refractivity contribution in [3.63, 3.8) is 0 Å². The van der Waals surface area contributed by atoms with Crippen LogP contribution in [0, 0.1) is 12.8 Å². The van der Waals surface area contributed by atoms with Crippen molar-refractivity contribution in [1.82, 2.24) is 9.97 Å². The molecule has 0 radical (unpaired) electrons. The standard InChI is InChI=1S/C17H28N2O2/c1-10(2)13-8-17(20-6,21-7)9-14-12(5)18-16(11(3)4)19-15(13)14/h10-11,13H,8-9H2,1-7H3. The number of nitrogens with zero attached hydrogens (tertiary/aromatic N) is 2. The molecule has 0 aromatic carbocycles. The van der Waals surface area contributed by atoms with E-state index in [2.05, 4.69) is 34.6 Å². The van der Waals surface area contributed by atoms with Gasteiger partial charge in [-0.2, -0.15) is 0 Å². The van der Waals surface area contributed by atoms with E-state index in [1.807, 2.05) is 0 Å². The Kier molecular flexibility index (Phi) is 4.69. The van der Waals surface area contributed by atoms with Crippen LogP contribution in [-0.4, -0.2) is 30.0 Å². The van der Waals surface area contributed by atoms with Gasteiger partial charge in [0.15, 0.2) is 5.79 Å². The summed E-state index contributed by atoms with van der Waals surface area (Å²) in [4.78, 5) is 9.58. The van der Waals surface area contributed by atoms with E-state index in [0.717, 1.165) is 24.4 Å². The highest BCUT2D eigenvalue weighted by molar-refractivity contribution is 5.33. The van der Waals surface area contributed by atoms with Crippen molar-refractivity contribution in [3.8, 4) is 0 Å². The molecule has 1 aliphatic rings. The van der Waals surface area contributed by atoms with E-state index < -0.39 is 5.79 Å². The minimum atomic E-state index is -0.546. The van der Waals surface area contributed by atoms with E-state index in [4.69, 9.17) is 19.4 Å². The molecule has 1 heterocycles. The fourth-order valence-electron chi connectivity index (χ4n) is 3.14. The largest absolute Gasteiger partial charge is 0.353 e. The van der Waals surface area contributed by atoms with Gasteiger partial charge >= 0.3 is 0 Å². The molecule has 1 aliphatic carbocycles. The molecule has 21 heavy (non-hydrogen) atoms. The maximum absolute atomic E-state index is 5.72. The van der Waals surface area contributed by atoms with Crippen molar-refractivity contribution in [2.24, 2.45) is 5.92 Å². The first-order valence-corrected chi connectivity index (χ1v) is 7.81. The monoisotopic (exact) mass is 292 g/mol. The van der Waals surface area contributed by atoms with Crippen LogP contribution in [-0.2, 0) is 15.9 Å². The van der Waals surface area contributed by atoms with Crippen molar-refractivity contribution in [2.75, 3.05) is 14.2 Å². The Morgan fingerprint density at radius 1 is 1.10 bits per heavy atom. The highest BCUT2D eigenvalue weighted by Crippen LogP contribution is 2.43. The third kappa shape index (κ3) is 2.97. The Labute approximate surface area is 128 Å². The molecular weight excluding hydrogens is 264 g/mol. The van der Waals surface area contributed by atoms with E-state index in [-0.39, 0.29) is 0 Å². The summed E-state index contributed by atoms with van der Waals surface area (Å²) in [7, 11) is 3.45. The summed E-state index contributed by atoms with van der Waals surface area (Å²) in [6.45, 7) is 10.8. The quantitative estimate of drug-likeness (QED) is 0.796. The highest BCUT2D eigenvalue weighted by Gasteiger charge is 2.42. The molecule has 2 rings (SSSR count). The fraction of sp³-hybridized carbons (Fsp3) is 0.765. The number of hydrogen-bond donors (Lipinski definition) is 0. The van der Waals surface area contributed by atoms with Crippen LogP contribution in [0.3, 0.4) is 0 Å². The predicted molar refractivity (Wildman–Crippen MR) is 83.5 cm³/mol. The van der Waals surface area contributed by atoms with E-state index in [9.17, 15) is 0 Å². The lowest BCUT2D eigenvalue weighted by Gasteiger charge is -2.41. The molecule has 4 heteroatoms. The molecule has 0 aliphatic heterocycles. The molecule has 1 aromatic rings. The zero-order valence-corrected chi connectivity index (χ0v) is 14.4. The van der Waals surface area contributed by atoms with Crippen LogP contribution in [0.2, 0.25) is 0 Å². The third-order valence-corrected chi connectivity index (χ3v) is 4.66. The number of fused-ring (bicyclic) bond motifs is 1. The van der Waals surface area contributed by atoms with Crippen LogP contribution in [0.15, 0.2) is 0 Å². The fourth-order valence-corrected chi connectivity index (χ4v) is 3.14. The zero-order chi connectivity index (χ0) is 15.8. The van der Waals surface area contributed by atoms with Crippen molar-refractivity contribution >= 4 is 0 Å². The maximum atomic E-state index is 5.72. The van der Waals surface area contributed by atoms with Gasteiger partial charge in [0.05, 0.1) is 5.69 Å². The molecule has 0 amide bonds. The average molecular weight is 292 g/mol. The molecule has 1 aromatic heterocycles. The van der Waals surface area contributed by atoms with Gasteiger partial charge in [0.25, 0.3) is 0 Å². The Bertz CT molecular complexity index is 508. The molecule has 0 saturated heterocycles. The second-order valence-electron chi connectivity index (χ2n) is 6.74. The van der Waals surface area contributed by atoms with Crippen LogP contribution >= 0.6 is 0 Å². The molecule has 0 fully saturated rings. The second kappa shape index (κ2) is 6.01. The van der Waals surface area contributed by atoms with Gasteiger partial charge in [-0.3, -0.25) is 0 Å². The number of aromatic nitrogens is 2. The lowest BCUT2D eigenvalue weighted by atomic mass is 9.76. The Morgan fingerprint density at radius 2 is 1.71 bits per heavy atom. The summed E-state index contributed by atoms with van der Waals surface area (Å²) in [6.07, 6.45) is 1.57. The molecular formula is C17H28N2O2. The first-order valence-electron chi connectivity index (χ1n) is 7.81. The van der Waals surface area contributed by atoms with Crippen LogP contribution in [0.25, 0.3) is 0 Å². The normalized spacial score (nSPS) is 20.9. The first kappa shape index (κ1) is 16.4. The molecule has 4 nitrogen and oxygen atoms in total. The van der Waals surface area contributed by atoms with Crippen molar-refractivity contribution < 1.29 is 9.47 Å². The number of hydrogen-bond acceptors (Lipinski definition) is 4. The Balaban J connectivity index is 2.57. The van der Waals surface area contributed by atoms with Gasteiger partial charge in [0.1, 0.15) is 5.82 Å². The summed E-state index contributed by atoms with van der Waals surface area (Å²) < 4.78 is 11.4. The molecule has 0 spiro atoms. The molecule has 0 saturated carbocycles. The van der Waals surface area contributed by atoms with Crippen molar-refractivity contribution in [3.05, 3.63) is 22.8 Å². The van der Waals surface area contributed by atoms with Gasteiger partial charge in [-0.1, -0.05) is 27.7 Å². The van der Waals surface area contributed by atoms with Crippen LogP contribution < -0.4 is 0 Å². The van der Waals surface area contributed by atoms with Gasteiger partial charge in [-0.05, 0) is 12.8 Å². The van der Waals surface area contributed by atoms with Crippen molar-refractivity contribution in [1.29, 1.82) is 0 Å². The Hall–Kier alpha value is -1.00. The SMILES string of the molecule is COC1(OC)Cc2c(C)nc(C(C)C)nc2C(C(C)C)C1. The summed E-state index contributed by atoms with van der Waals surface area (Å²) in [5.41, 5.74) is 3.46. The number of aryl methyl sites for hydroxylation is 1. The number of rotatable bonds is 4. The molecule has 1 atom stereocenters. The van der Waals surface area contributed by atoms with Crippen LogP contribution in [0.4, 0.5) is 0 Å². The summed E-state index contributed by atoms with van der Waals surface area (Å²) in [5, 5.41) is 0.